The molecular weight excluding hydrogens is 403 g/mol. The van der Waals surface area contributed by atoms with Crippen LogP contribution in [0, 0.1) is 0 Å². The summed E-state index contributed by atoms with van der Waals surface area (Å²) in [6.45, 7) is 3.26. The van der Waals surface area contributed by atoms with E-state index in [9.17, 15) is 16.8 Å². The fourth-order valence-corrected chi connectivity index (χ4v) is 3.31. The summed E-state index contributed by atoms with van der Waals surface area (Å²) < 4.78 is 40.9. The number of aromatic nitrogens is 5. The molecule has 0 fully saturated rings. The molecule has 0 unspecified atom stereocenters. The van der Waals surface area contributed by atoms with Gasteiger partial charge < -0.3 is 5.11 Å². The molecule has 150 valence electrons. The maximum atomic E-state index is 13.1. The minimum absolute atomic E-state index is 0.184. The first-order chi connectivity index (χ1) is 13.6. The molecule has 3 heterocycles. The Balaban J connectivity index is 1.77. The van der Waals surface area contributed by atoms with Crippen molar-refractivity contribution in [1.82, 2.24) is 24.3 Å². The molecule has 0 amide bonds. The Hall–Kier alpha value is -2.98. The van der Waals surface area contributed by atoms with E-state index in [4.69, 9.17) is 0 Å². The number of hydrogen-bond donors (Lipinski definition) is 1. The molecule has 0 saturated carbocycles. The zero-order valence-electron chi connectivity index (χ0n) is 15.4. The van der Waals surface area contributed by atoms with Gasteiger partial charge in [-0.05, 0) is 38.1 Å². The van der Waals surface area contributed by atoms with Crippen molar-refractivity contribution in [3.63, 3.8) is 0 Å². The fourth-order valence-electron chi connectivity index (χ4n) is 2.82. The van der Waals surface area contributed by atoms with Gasteiger partial charge in [0, 0.05) is 18.0 Å². The number of hydrogen-bond acceptors (Lipinski definition) is 5. The van der Waals surface area contributed by atoms with Crippen LogP contribution in [0.3, 0.4) is 0 Å². The zero-order chi connectivity index (χ0) is 20.8. The summed E-state index contributed by atoms with van der Waals surface area (Å²) >= 11 is -5.33. The normalized spacial score (nSPS) is 13.0. The highest BCUT2D eigenvalue weighted by Crippen LogP contribution is 2.60. The highest BCUT2D eigenvalue weighted by atomic mass is 32.3. The number of fused-ring (bicyclic) bond motifs is 1. The molecule has 0 aliphatic heterocycles. The molecule has 29 heavy (non-hydrogen) atoms. The van der Waals surface area contributed by atoms with Crippen molar-refractivity contribution in [2.75, 3.05) is 0 Å². The molecule has 0 aliphatic rings. The highest BCUT2D eigenvalue weighted by Gasteiger charge is 2.25. The largest absolute Gasteiger partial charge is 0.384 e. The van der Waals surface area contributed by atoms with Crippen LogP contribution in [0.5, 0.6) is 0 Å². The second kappa shape index (κ2) is 6.82. The van der Waals surface area contributed by atoms with E-state index >= 15 is 0 Å². The summed E-state index contributed by atoms with van der Waals surface area (Å²) in [6, 6.07) is 8.31. The van der Waals surface area contributed by atoms with Gasteiger partial charge in [-0.1, -0.05) is 12.1 Å². The van der Waals surface area contributed by atoms with E-state index in [-0.39, 0.29) is 11.4 Å². The van der Waals surface area contributed by atoms with Gasteiger partial charge in [0.25, 0.3) is 0 Å². The molecule has 1 aromatic carbocycles. The SMILES string of the molecule is CC(C)(O)c1ccn2c(-c3ccnc(-c4cccc(S(F)(F)F)c4)n3)cnc2n1. The van der Waals surface area contributed by atoms with Crippen molar-refractivity contribution in [3.8, 4) is 22.8 Å². The van der Waals surface area contributed by atoms with Crippen LogP contribution in [0.25, 0.3) is 28.6 Å². The van der Waals surface area contributed by atoms with Gasteiger partial charge in [0.1, 0.15) is 5.60 Å². The molecule has 0 radical (unpaired) electrons. The maximum absolute atomic E-state index is 13.1. The van der Waals surface area contributed by atoms with Crippen LogP contribution in [0.2, 0.25) is 0 Å². The zero-order valence-corrected chi connectivity index (χ0v) is 16.2. The molecule has 0 atom stereocenters. The van der Waals surface area contributed by atoms with Gasteiger partial charge in [-0.25, -0.2) is 19.9 Å². The van der Waals surface area contributed by atoms with Gasteiger partial charge in [0.15, 0.2) is 5.82 Å². The van der Waals surface area contributed by atoms with Crippen LogP contribution in [0.1, 0.15) is 19.5 Å². The third kappa shape index (κ3) is 3.81. The monoisotopic (exact) mass is 419 g/mol. The molecule has 4 aromatic rings. The third-order valence-electron chi connectivity index (χ3n) is 4.28. The van der Waals surface area contributed by atoms with Gasteiger partial charge >= 0.3 is 0 Å². The van der Waals surface area contributed by atoms with Crippen molar-refractivity contribution in [1.29, 1.82) is 0 Å². The topological polar surface area (TPSA) is 76.2 Å². The first-order valence-electron chi connectivity index (χ1n) is 8.56. The number of benzene rings is 1. The lowest BCUT2D eigenvalue weighted by Gasteiger charge is -2.16. The average molecular weight is 419 g/mol. The average Bonchev–Trinajstić information content (AvgIpc) is 3.10. The molecule has 0 saturated heterocycles. The Morgan fingerprint density at radius 2 is 1.83 bits per heavy atom. The molecule has 4 rings (SSSR count). The quantitative estimate of drug-likeness (QED) is 0.509. The predicted molar refractivity (Wildman–Crippen MR) is 104 cm³/mol. The van der Waals surface area contributed by atoms with Crippen LogP contribution in [0.4, 0.5) is 11.7 Å². The fraction of sp³-hybridized carbons (Fsp3) is 0.158. The van der Waals surface area contributed by atoms with Crippen LogP contribution >= 0.6 is 11.2 Å². The van der Waals surface area contributed by atoms with Crippen LogP contribution in [0.15, 0.2) is 59.9 Å². The molecule has 0 spiro atoms. The lowest BCUT2D eigenvalue weighted by molar-refractivity contribution is 0.0739. The van der Waals surface area contributed by atoms with E-state index in [1.165, 1.54) is 12.3 Å². The van der Waals surface area contributed by atoms with Crippen LogP contribution < -0.4 is 0 Å². The van der Waals surface area contributed by atoms with Gasteiger partial charge in [-0.15, -0.1) is 11.7 Å². The van der Waals surface area contributed by atoms with E-state index in [1.807, 2.05) is 0 Å². The van der Waals surface area contributed by atoms with Crippen LogP contribution in [-0.4, -0.2) is 29.4 Å². The Kier molecular flexibility index (Phi) is 4.55. The summed E-state index contributed by atoms with van der Waals surface area (Å²) in [6.07, 6.45) is 4.77. The third-order valence-corrected chi connectivity index (χ3v) is 5.07. The summed E-state index contributed by atoms with van der Waals surface area (Å²) in [5, 5.41) is 10.1. The second-order valence-electron chi connectivity index (χ2n) is 6.88. The number of aliphatic hydroxyl groups is 1. The minimum Gasteiger partial charge on any atom is -0.384 e. The lowest BCUT2D eigenvalue weighted by Crippen LogP contribution is -2.18. The van der Waals surface area contributed by atoms with Crippen molar-refractivity contribution in [3.05, 3.63) is 60.7 Å². The van der Waals surface area contributed by atoms with Crippen molar-refractivity contribution < 1.29 is 16.8 Å². The van der Waals surface area contributed by atoms with Crippen LogP contribution in [-0.2, 0) is 5.60 Å². The minimum atomic E-state index is -5.33. The molecule has 3 aromatic heterocycles. The van der Waals surface area contributed by atoms with E-state index < -0.39 is 21.7 Å². The summed E-state index contributed by atoms with van der Waals surface area (Å²) in [5.74, 6) is 0.562. The predicted octanol–water partition coefficient (Wildman–Crippen LogP) is 4.90. The Morgan fingerprint density at radius 1 is 1.03 bits per heavy atom. The number of nitrogens with zero attached hydrogens (tertiary/aromatic N) is 5. The number of rotatable bonds is 4. The molecule has 0 aliphatic carbocycles. The van der Waals surface area contributed by atoms with E-state index in [0.29, 0.717) is 22.9 Å². The standard InChI is InChI=1S/C19H16F3N5OS/c1-19(2,28)16-7-9-27-15(11-24-18(27)26-16)14-6-8-23-17(25-14)12-4-3-5-13(10-12)29(20,21)22/h3-11,28H,1-2H3. The first-order valence-corrected chi connectivity index (χ1v) is 9.89. The first kappa shape index (κ1) is 19.3. The van der Waals surface area contributed by atoms with E-state index in [2.05, 4.69) is 19.9 Å². The van der Waals surface area contributed by atoms with Gasteiger partial charge in [0.05, 0.1) is 28.2 Å². The molecule has 1 N–H and O–H groups in total. The Morgan fingerprint density at radius 3 is 2.55 bits per heavy atom. The van der Waals surface area contributed by atoms with Gasteiger partial charge in [-0.3, -0.25) is 4.40 Å². The Labute approximate surface area is 166 Å². The van der Waals surface area contributed by atoms with E-state index in [1.54, 1.807) is 48.8 Å². The number of halogens is 3. The summed E-state index contributed by atoms with van der Waals surface area (Å²) in [7, 11) is 0. The molecule has 10 heteroatoms. The second-order valence-corrected chi connectivity index (χ2v) is 8.17. The molecule has 0 bridgehead atoms. The van der Waals surface area contributed by atoms with Crippen molar-refractivity contribution >= 4 is 17.0 Å². The molecule has 6 nitrogen and oxygen atoms in total. The number of imidazole rings is 1. The summed E-state index contributed by atoms with van der Waals surface area (Å²) in [4.78, 5) is 16.5. The Bertz CT molecular complexity index is 1200. The van der Waals surface area contributed by atoms with Gasteiger partial charge in [0.2, 0.25) is 17.0 Å². The van der Waals surface area contributed by atoms with Crippen molar-refractivity contribution in [2.45, 2.75) is 24.3 Å². The maximum Gasteiger partial charge on any atom is 0.237 e. The lowest BCUT2D eigenvalue weighted by atomic mass is 10.1. The smallest absolute Gasteiger partial charge is 0.237 e. The van der Waals surface area contributed by atoms with E-state index in [0.717, 1.165) is 12.1 Å². The highest BCUT2D eigenvalue weighted by molar-refractivity contribution is 8.20. The summed E-state index contributed by atoms with van der Waals surface area (Å²) in [5.41, 5.74) is 0.741. The molecular formula is C19H16F3N5OS. The van der Waals surface area contributed by atoms with Gasteiger partial charge in [-0.2, -0.15) is 0 Å². The van der Waals surface area contributed by atoms with Crippen molar-refractivity contribution in [2.24, 2.45) is 0 Å².